The topological polar surface area (TPSA) is 42.3 Å². The van der Waals surface area contributed by atoms with Crippen LogP contribution in [-0.2, 0) is 0 Å². The third-order valence-electron chi connectivity index (χ3n) is 2.91. The van der Waals surface area contributed by atoms with Crippen molar-refractivity contribution in [1.82, 2.24) is 9.91 Å². The molecule has 1 heterocycles. The second kappa shape index (κ2) is 5.50. The van der Waals surface area contributed by atoms with Crippen molar-refractivity contribution in [2.24, 2.45) is 0 Å². The Morgan fingerprint density at radius 2 is 2.00 bits per heavy atom. The van der Waals surface area contributed by atoms with Gasteiger partial charge in [0.1, 0.15) is 6.07 Å². The predicted octanol–water partition coefficient (Wildman–Crippen LogP) is 1.90. The van der Waals surface area contributed by atoms with E-state index in [0.29, 0.717) is 5.56 Å². The van der Waals surface area contributed by atoms with Crippen molar-refractivity contribution in [2.45, 2.75) is 0 Å². The van der Waals surface area contributed by atoms with Gasteiger partial charge in [-0.25, -0.2) is 5.01 Å². The molecule has 0 aliphatic carbocycles. The minimum absolute atomic E-state index is 0.659. The molecule has 1 aliphatic rings. The van der Waals surface area contributed by atoms with E-state index in [1.165, 1.54) is 0 Å². The van der Waals surface area contributed by atoms with Gasteiger partial charge in [0, 0.05) is 30.7 Å². The van der Waals surface area contributed by atoms with Crippen molar-refractivity contribution < 1.29 is 0 Å². The molecule has 0 atom stereocenters. The van der Waals surface area contributed by atoms with Crippen LogP contribution in [0.5, 0.6) is 0 Å². The maximum atomic E-state index is 9.12. The van der Waals surface area contributed by atoms with Crippen LogP contribution >= 0.6 is 15.9 Å². The van der Waals surface area contributed by atoms with E-state index in [0.717, 1.165) is 36.3 Å². The summed E-state index contributed by atoms with van der Waals surface area (Å²) in [5.74, 6) is 0. The maximum absolute atomic E-state index is 9.12. The Morgan fingerprint density at radius 1 is 1.29 bits per heavy atom. The van der Waals surface area contributed by atoms with Gasteiger partial charge in [-0.1, -0.05) is 6.07 Å². The Labute approximate surface area is 110 Å². The van der Waals surface area contributed by atoms with Crippen LogP contribution in [0.25, 0.3) is 0 Å². The van der Waals surface area contributed by atoms with Crippen LogP contribution in [0.2, 0.25) is 0 Å². The van der Waals surface area contributed by atoms with Crippen molar-refractivity contribution in [3.8, 4) is 6.07 Å². The molecule has 0 aromatic heterocycles. The highest BCUT2D eigenvalue weighted by molar-refractivity contribution is 9.10. The molecule has 0 saturated carbocycles. The highest BCUT2D eigenvalue weighted by Crippen LogP contribution is 2.24. The summed E-state index contributed by atoms with van der Waals surface area (Å²) in [5, 5.41) is 11.3. The molecule has 1 N–H and O–H groups in total. The first kappa shape index (κ1) is 12.4. The first-order valence-corrected chi connectivity index (χ1v) is 6.39. The summed E-state index contributed by atoms with van der Waals surface area (Å²) >= 11 is 3.39. The molecular formula is C12H15BrN4. The number of piperazine rings is 1. The lowest BCUT2D eigenvalue weighted by molar-refractivity contribution is 0.179. The number of nitrogens with one attached hydrogen (secondary N) is 1. The molecule has 0 spiro atoms. The van der Waals surface area contributed by atoms with E-state index >= 15 is 0 Å². The third-order valence-corrected chi connectivity index (χ3v) is 3.57. The van der Waals surface area contributed by atoms with Crippen LogP contribution in [0.4, 0.5) is 5.69 Å². The largest absolute Gasteiger partial charge is 0.317 e. The van der Waals surface area contributed by atoms with Crippen LogP contribution < -0.4 is 5.43 Å². The van der Waals surface area contributed by atoms with E-state index in [2.05, 4.69) is 44.4 Å². The molecule has 0 radical (unpaired) electrons. The van der Waals surface area contributed by atoms with E-state index in [1.54, 1.807) is 0 Å². The number of nitrogens with zero attached hydrogens (tertiary/aromatic N) is 3. The first-order chi connectivity index (χ1) is 8.20. The average Bonchev–Trinajstić information content (AvgIpc) is 2.32. The van der Waals surface area contributed by atoms with Gasteiger partial charge in [0.2, 0.25) is 0 Å². The van der Waals surface area contributed by atoms with Gasteiger partial charge in [0.15, 0.2) is 0 Å². The van der Waals surface area contributed by atoms with Gasteiger partial charge in [0.05, 0.1) is 11.3 Å². The monoisotopic (exact) mass is 294 g/mol. The number of anilines is 1. The number of likely N-dealkylation sites (N-methyl/N-ethyl adjacent to an activating group) is 1. The number of hydrogen-bond donors (Lipinski definition) is 1. The lowest BCUT2D eigenvalue weighted by Gasteiger charge is -2.33. The smallest absolute Gasteiger partial charge is 0.103 e. The van der Waals surface area contributed by atoms with Gasteiger partial charge < -0.3 is 10.3 Å². The molecule has 1 fully saturated rings. The first-order valence-electron chi connectivity index (χ1n) is 5.59. The van der Waals surface area contributed by atoms with Crippen LogP contribution in [-0.4, -0.2) is 43.1 Å². The van der Waals surface area contributed by atoms with E-state index in [4.69, 9.17) is 5.26 Å². The van der Waals surface area contributed by atoms with Gasteiger partial charge in [-0.05, 0) is 35.1 Å². The van der Waals surface area contributed by atoms with Gasteiger partial charge >= 0.3 is 0 Å². The fourth-order valence-electron chi connectivity index (χ4n) is 1.82. The van der Waals surface area contributed by atoms with Gasteiger partial charge in [-0.15, -0.1) is 0 Å². The van der Waals surface area contributed by atoms with E-state index < -0.39 is 0 Å². The highest BCUT2D eigenvalue weighted by atomic mass is 79.9. The zero-order chi connectivity index (χ0) is 12.3. The Morgan fingerprint density at radius 3 is 2.65 bits per heavy atom. The molecule has 1 aromatic carbocycles. The Balaban J connectivity index is 2.09. The zero-order valence-electron chi connectivity index (χ0n) is 9.78. The van der Waals surface area contributed by atoms with Gasteiger partial charge in [0.25, 0.3) is 0 Å². The van der Waals surface area contributed by atoms with Gasteiger partial charge in [-0.2, -0.15) is 5.26 Å². The fraction of sp³-hybridized carbons (Fsp3) is 0.417. The second-order valence-electron chi connectivity index (χ2n) is 4.18. The lowest BCUT2D eigenvalue weighted by Crippen LogP contribution is -2.47. The second-order valence-corrected chi connectivity index (χ2v) is 5.03. The number of nitriles is 1. The SMILES string of the molecule is CN1CCN(Nc2cccc(Br)c2C#N)CC1. The molecule has 5 heteroatoms. The molecule has 1 saturated heterocycles. The number of halogens is 1. The van der Waals surface area contributed by atoms with Crippen molar-refractivity contribution in [3.63, 3.8) is 0 Å². The minimum Gasteiger partial charge on any atom is -0.317 e. The summed E-state index contributed by atoms with van der Waals surface area (Å²) in [6.07, 6.45) is 0. The van der Waals surface area contributed by atoms with Crippen molar-refractivity contribution in [1.29, 1.82) is 5.26 Å². The fourth-order valence-corrected chi connectivity index (χ4v) is 2.27. The normalized spacial score (nSPS) is 17.7. The van der Waals surface area contributed by atoms with Crippen molar-refractivity contribution >= 4 is 21.6 Å². The molecule has 90 valence electrons. The van der Waals surface area contributed by atoms with E-state index in [9.17, 15) is 0 Å². The van der Waals surface area contributed by atoms with Crippen LogP contribution in [0, 0.1) is 11.3 Å². The number of hydrogen-bond acceptors (Lipinski definition) is 4. The summed E-state index contributed by atoms with van der Waals surface area (Å²) < 4.78 is 0.833. The molecule has 1 aliphatic heterocycles. The minimum atomic E-state index is 0.659. The van der Waals surface area contributed by atoms with Crippen LogP contribution in [0.15, 0.2) is 22.7 Å². The van der Waals surface area contributed by atoms with Gasteiger partial charge in [-0.3, -0.25) is 0 Å². The van der Waals surface area contributed by atoms with E-state index in [-0.39, 0.29) is 0 Å². The predicted molar refractivity (Wildman–Crippen MR) is 71.5 cm³/mol. The Hall–Kier alpha value is -1.09. The number of hydrazine groups is 1. The molecular weight excluding hydrogens is 280 g/mol. The molecule has 4 nitrogen and oxygen atoms in total. The number of benzene rings is 1. The quantitative estimate of drug-likeness (QED) is 0.905. The summed E-state index contributed by atoms with van der Waals surface area (Å²) in [5.41, 5.74) is 4.84. The average molecular weight is 295 g/mol. The van der Waals surface area contributed by atoms with Crippen LogP contribution in [0.3, 0.4) is 0 Å². The van der Waals surface area contributed by atoms with Crippen molar-refractivity contribution in [3.05, 3.63) is 28.2 Å². The van der Waals surface area contributed by atoms with Crippen molar-refractivity contribution in [2.75, 3.05) is 38.7 Å². The molecule has 0 bridgehead atoms. The van der Waals surface area contributed by atoms with E-state index in [1.807, 2.05) is 18.2 Å². The maximum Gasteiger partial charge on any atom is 0.103 e. The molecule has 0 unspecified atom stereocenters. The summed E-state index contributed by atoms with van der Waals surface area (Å²) in [7, 11) is 2.12. The summed E-state index contributed by atoms with van der Waals surface area (Å²) in [4.78, 5) is 2.30. The molecule has 1 aromatic rings. The lowest BCUT2D eigenvalue weighted by atomic mass is 10.2. The summed E-state index contributed by atoms with van der Waals surface area (Å²) in [6.45, 7) is 4.02. The summed E-state index contributed by atoms with van der Waals surface area (Å²) in [6, 6.07) is 7.96. The zero-order valence-corrected chi connectivity index (χ0v) is 11.4. The third kappa shape index (κ3) is 2.97. The molecule has 2 rings (SSSR count). The molecule has 17 heavy (non-hydrogen) atoms. The standard InChI is InChI=1S/C12H15BrN4/c1-16-5-7-17(8-6-16)15-12-4-2-3-11(13)10(12)9-14/h2-4,15H,5-8H2,1H3. The van der Waals surface area contributed by atoms with Crippen LogP contribution in [0.1, 0.15) is 5.56 Å². The Kier molecular flexibility index (Phi) is 4.00. The highest BCUT2D eigenvalue weighted by Gasteiger charge is 2.15. The molecule has 0 amide bonds. The number of rotatable bonds is 2. The Bertz CT molecular complexity index is 433.